The van der Waals surface area contributed by atoms with Crippen molar-refractivity contribution in [2.75, 3.05) is 6.61 Å². The van der Waals surface area contributed by atoms with Crippen molar-refractivity contribution in [2.24, 2.45) is 5.92 Å². The number of aliphatic hydroxyl groups is 1. The lowest BCUT2D eigenvalue weighted by molar-refractivity contribution is -0.117. The van der Waals surface area contributed by atoms with Crippen LogP contribution in [0.25, 0.3) is 6.08 Å². The van der Waals surface area contributed by atoms with Crippen LogP contribution >= 0.6 is 0 Å². The molecule has 1 atom stereocenters. The molecule has 1 aliphatic rings. The molecule has 0 bridgehead atoms. The van der Waals surface area contributed by atoms with Crippen LogP contribution in [0.3, 0.4) is 0 Å². The van der Waals surface area contributed by atoms with Gasteiger partial charge in [-0.25, -0.2) is 0 Å². The standard InChI is InChI=1S/C17H20O2/c1-13-5-7-14(8-6-13)3-2-4-16-11-15(12-18)9-10-17(16)19/h2-8,15,18H,9-12H2,1H3/b3-2-,16-4+. The molecule has 19 heavy (non-hydrogen) atoms. The number of rotatable bonds is 3. The topological polar surface area (TPSA) is 37.3 Å². The highest BCUT2D eigenvalue weighted by atomic mass is 16.3. The van der Waals surface area contributed by atoms with Crippen LogP contribution in [0.2, 0.25) is 0 Å². The fourth-order valence-corrected chi connectivity index (χ4v) is 2.29. The third-order valence-corrected chi connectivity index (χ3v) is 3.57. The Kier molecular flexibility index (Phi) is 4.69. The van der Waals surface area contributed by atoms with Gasteiger partial charge in [-0.3, -0.25) is 4.79 Å². The van der Waals surface area contributed by atoms with Crippen LogP contribution in [0.15, 0.2) is 42.0 Å². The molecule has 0 aromatic heterocycles. The summed E-state index contributed by atoms with van der Waals surface area (Å²) in [6, 6.07) is 8.26. The van der Waals surface area contributed by atoms with E-state index in [-0.39, 0.29) is 18.3 Å². The second kappa shape index (κ2) is 6.48. The first-order valence-corrected chi connectivity index (χ1v) is 6.77. The maximum Gasteiger partial charge on any atom is 0.158 e. The van der Waals surface area contributed by atoms with Gasteiger partial charge in [0.2, 0.25) is 0 Å². The molecule has 0 radical (unpaired) electrons. The zero-order valence-corrected chi connectivity index (χ0v) is 11.3. The van der Waals surface area contributed by atoms with Crippen molar-refractivity contribution < 1.29 is 9.90 Å². The van der Waals surface area contributed by atoms with Crippen molar-refractivity contribution in [1.29, 1.82) is 0 Å². The van der Waals surface area contributed by atoms with Crippen molar-refractivity contribution >= 4 is 11.9 Å². The Morgan fingerprint density at radius 1 is 1.32 bits per heavy atom. The Hall–Kier alpha value is -1.67. The minimum Gasteiger partial charge on any atom is -0.396 e. The van der Waals surface area contributed by atoms with E-state index in [1.54, 1.807) is 0 Å². The Morgan fingerprint density at radius 3 is 2.74 bits per heavy atom. The Balaban J connectivity index is 2.04. The van der Waals surface area contributed by atoms with Gasteiger partial charge in [-0.1, -0.05) is 48.1 Å². The van der Waals surface area contributed by atoms with E-state index in [0.29, 0.717) is 12.8 Å². The van der Waals surface area contributed by atoms with Gasteiger partial charge in [0, 0.05) is 13.0 Å². The van der Waals surface area contributed by atoms with Crippen LogP contribution in [0.1, 0.15) is 30.4 Å². The number of hydrogen-bond acceptors (Lipinski definition) is 2. The van der Waals surface area contributed by atoms with Gasteiger partial charge in [-0.05, 0) is 36.8 Å². The molecule has 2 heteroatoms. The molecule has 1 aromatic rings. The van der Waals surface area contributed by atoms with Crippen LogP contribution in [-0.2, 0) is 4.79 Å². The fraction of sp³-hybridized carbons (Fsp3) is 0.353. The van der Waals surface area contributed by atoms with Crippen molar-refractivity contribution in [1.82, 2.24) is 0 Å². The third kappa shape index (κ3) is 3.90. The molecule has 2 rings (SSSR count). The highest BCUT2D eigenvalue weighted by Gasteiger charge is 2.21. The summed E-state index contributed by atoms with van der Waals surface area (Å²) in [5.74, 6) is 0.468. The first kappa shape index (κ1) is 13.8. The predicted molar refractivity (Wildman–Crippen MR) is 77.7 cm³/mol. The van der Waals surface area contributed by atoms with Gasteiger partial charge in [-0.2, -0.15) is 0 Å². The highest BCUT2D eigenvalue weighted by molar-refractivity contribution is 5.96. The normalized spacial score (nSPS) is 22.3. The molecule has 100 valence electrons. The quantitative estimate of drug-likeness (QED) is 0.843. The number of benzene rings is 1. The molecule has 0 saturated heterocycles. The van der Waals surface area contributed by atoms with Crippen LogP contribution < -0.4 is 0 Å². The summed E-state index contributed by atoms with van der Waals surface area (Å²) in [5.41, 5.74) is 3.21. The van der Waals surface area contributed by atoms with Gasteiger partial charge < -0.3 is 5.11 Å². The monoisotopic (exact) mass is 256 g/mol. The number of hydrogen-bond donors (Lipinski definition) is 1. The molecular weight excluding hydrogens is 236 g/mol. The zero-order chi connectivity index (χ0) is 13.7. The van der Waals surface area contributed by atoms with Crippen molar-refractivity contribution in [3.8, 4) is 0 Å². The van der Waals surface area contributed by atoms with E-state index in [9.17, 15) is 4.79 Å². The summed E-state index contributed by atoms with van der Waals surface area (Å²) in [4.78, 5) is 11.8. The van der Waals surface area contributed by atoms with Gasteiger partial charge in [-0.15, -0.1) is 0 Å². The van der Waals surface area contributed by atoms with Gasteiger partial charge in [0.25, 0.3) is 0 Å². The summed E-state index contributed by atoms with van der Waals surface area (Å²) in [6.45, 7) is 2.23. The SMILES string of the molecule is Cc1ccc(/C=C\C=C2/CC(CO)CCC2=O)cc1. The third-order valence-electron chi connectivity index (χ3n) is 3.57. The molecule has 0 amide bonds. The number of ketones is 1. The fourth-order valence-electron chi connectivity index (χ4n) is 2.29. The number of Topliss-reactive ketones (excluding diaryl/α,β-unsaturated/α-hetero) is 1. The van der Waals surface area contributed by atoms with Gasteiger partial charge >= 0.3 is 0 Å². The largest absolute Gasteiger partial charge is 0.396 e. The van der Waals surface area contributed by atoms with E-state index in [4.69, 9.17) is 5.11 Å². The Morgan fingerprint density at radius 2 is 2.05 bits per heavy atom. The average Bonchev–Trinajstić information content (AvgIpc) is 2.43. The van der Waals surface area contributed by atoms with Gasteiger partial charge in [0.1, 0.15) is 0 Å². The highest BCUT2D eigenvalue weighted by Crippen LogP contribution is 2.25. The molecule has 1 aliphatic carbocycles. The summed E-state index contributed by atoms with van der Waals surface area (Å²) < 4.78 is 0. The van der Waals surface area contributed by atoms with Crippen LogP contribution in [-0.4, -0.2) is 17.5 Å². The van der Waals surface area contributed by atoms with Crippen molar-refractivity contribution in [2.45, 2.75) is 26.2 Å². The molecule has 2 nitrogen and oxygen atoms in total. The van der Waals surface area contributed by atoms with Crippen LogP contribution in [0.5, 0.6) is 0 Å². The minimum absolute atomic E-state index is 0.173. The molecule has 1 aromatic carbocycles. The van der Waals surface area contributed by atoms with E-state index >= 15 is 0 Å². The van der Waals surface area contributed by atoms with E-state index in [1.807, 2.05) is 18.2 Å². The number of carbonyl (C=O) groups excluding carboxylic acids is 1. The summed E-state index contributed by atoms with van der Waals surface area (Å²) in [7, 11) is 0. The summed E-state index contributed by atoms with van der Waals surface area (Å²) in [5, 5.41) is 9.17. The summed E-state index contributed by atoms with van der Waals surface area (Å²) in [6.07, 6.45) is 7.90. The number of aliphatic hydroxyl groups excluding tert-OH is 1. The molecule has 1 saturated carbocycles. The second-order valence-corrected chi connectivity index (χ2v) is 5.18. The molecule has 1 unspecified atom stereocenters. The molecule has 0 spiro atoms. The van der Waals surface area contributed by atoms with Crippen molar-refractivity contribution in [3.05, 3.63) is 53.1 Å². The first-order chi connectivity index (χ1) is 9.19. The molecule has 0 aliphatic heterocycles. The van der Waals surface area contributed by atoms with E-state index in [0.717, 1.165) is 17.6 Å². The minimum atomic E-state index is 0.173. The predicted octanol–water partition coefficient (Wildman–Crippen LogP) is 3.30. The van der Waals surface area contributed by atoms with Gasteiger partial charge in [0.15, 0.2) is 5.78 Å². The number of carbonyl (C=O) groups is 1. The Bertz CT molecular complexity index is 494. The molecular formula is C17H20O2. The maximum absolute atomic E-state index is 11.8. The van der Waals surface area contributed by atoms with E-state index < -0.39 is 0 Å². The van der Waals surface area contributed by atoms with Crippen molar-refractivity contribution in [3.63, 3.8) is 0 Å². The lowest BCUT2D eigenvalue weighted by atomic mass is 9.85. The summed E-state index contributed by atoms with van der Waals surface area (Å²) >= 11 is 0. The van der Waals surface area contributed by atoms with E-state index in [2.05, 4.69) is 31.2 Å². The Labute approximate surface area is 114 Å². The molecule has 0 heterocycles. The zero-order valence-electron chi connectivity index (χ0n) is 11.3. The lowest BCUT2D eigenvalue weighted by Gasteiger charge is -2.20. The van der Waals surface area contributed by atoms with Crippen LogP contribution in [0.4, 0.5) is 0 Å². The van der Waals surface area contributed by atoms with E-state index in [1.165, 1.54) is 5.56 Å². The maximum atomic E-state index is 11.8. The molecule has 1 N–H and O–H groups in total. The van der Waals surface area contributed by atoms with Crippen LogP contribution in [0, 0.1) is 12.8 Å². The smallest absolute Gasteiger partial charge is 0.158 e. The first-order valence-electron chi connectivity index (χ1n) is 6.77. The lowest BCUT2D eigenvalue weighted by Crippen LogP contribution is -2.19. The average molecular weight is 256 g/mol. The molecule has 1 fully saturated rings. The number of allylic oxidation sites excluding steroid dienone is 3. The van der Waals surface area contributed by atoms with Gasteiger partial charge in [0.05, 0.1) is 0 Å². The number of aryl methyl sites for hydroxylation is 1. The second-order valence-electron chi connectivity index (χ2n) is 5.18.